The molecule has 0 N–H and O–H groups in total. The monoisotopic (exact) mass is 186 g/mol. The molecule has 2 unspecified atom stereocenters. The van der Waals surface area contributed by atoms with Crippen LogP contribution in [-0.2, 0) is 12.8 Å². The molecule has 0 aliphatic heterocycles. The van der Waals surface area contributed by atoms with E-state index in [-0.39, 0.29) is 12.0 Å². The van der Waals surface area contributed by atoms with Gasteiger partial charge in [0.25, 0.3) is 0 Å². The maximum Gasteiger partial charge on any atom is 0.112 e. The number of hydrogen-bond acceptors (Lipinski definition) is 3. The molecule has 0 heterocycles. The predicted molar refractivity (Wildman–Crippen MR) is 52.5 cm³/mol. The van der Waals surface area contributed by atoms with Crippen molar-refractivity contribution in [1.29, 1.82) is 5.26 Å². The topological polar surface area (TPSA) is 53.2 Å². The molecule has 0 bridgehead atoms. The Morgan fingerprint density at radius 2 is 1.93 bits per heavy atom. The van der Waals surface area contributed by atoms with Crippen molar-refractivity contribution in [3.8, 4) is 6.07 Å². The number of nitrogens with zero attached hydrogens (tertiary/aromatic N) is 2. The van der Waals surface area contributed by atoms with Gasteiger partial charge in [-0.25, -0.2) is 0 Å². The molecule has 0 saturated heterocycles. The van der Waals surface area contributed by atoms with Crippen molar-refractivity contribution in [2.75, 3.05) is 0 Å². The lowest BCUT2D eigenvalue weighted by Crippen LogP contribution is -2.27. The second kappa shape index (κ2) is 3.59. The number of nitroso groups, excluding NO2 is 1. The summed E-state index contributed by atoms with van der Waals surface area (Å²) >= 11 is 0. The number of hydrogen-bond donors (Lipinski definition) is 0. The molecule has 0 saturated carbocycles. The molecule has 0 amide bonds. The van der Waals surface area contributed by atoms with Gasteiger partial charge in [0.05, 0.1) is 12.0 Å². The highest BCUT2D eigenvalue weighted by atomic mass is 16.3. The number of nitriles is 1. The molecule has 3 nitrogen and oxygen atoms in total. The van der Waals surface area contributed by atoms with Crippen LogP contribution >= 0.6 is 0 Å². The first-order chi connectivity index (χ1) is 6.85. The molecule has 2 rings (SSSR count). The predicted octanol–water partition coefficient (Wildman–Crippen LogP) is 2.06. The average molecular weight is 186 g/mol. The van der Waals surface area contributed by atoms with Gasteiger partial charge in [0.1, 0.15) is 6.04 Å². The summed E-state index contributed by atoms with van der Waals surface area (Å²) in [7, 11) is 0. The van der Waals surface area contributed by atoms with Gasteiger partial charge in [-0.05, 0) is 24.0 Å². The third kappa shape index (κ3) is 1.39. The van der Waals surface area contributed by atoms with E-state index in [9.17, 15) is 4.91 Å². The smallest absolute Gasteiger partial charge is 0.112 e. The fourth-order valence-corrected chi connectivity index (χ4v) is 1.94. The molecule has 14 heavy (non-hydrogen) atoms. The van der Waals surface area contributed by atoms with E-state index in [4.69, 9.17) is 5.26 Å². The van der Waals surface area contributed by atoms with E-state index in [1.165, 1.54) is 5.56 Å². The Bertz CT molecular complexity index is 395. The van der Waals surface area contributed by atoms with Crippen LogP contribution in [0.1, 0.15) is 11.1 Å². The van der Waals surface area contributed by atoms with E-state index in [0.717, 1.165) is 5.56 Å². The van der Waals surface area contributed by atoms with E-state index >= 15 is 0 Å². The minimum atomic E-state index is -0.366. The first-order valence-corrected chi connectivity index (χ1v) is 4.64. The molecule has 70 valence electrons. The van der Waals surface area contributed by atoms with Gasteiger partial charge in [-0.1, -0.05) is 29.4 Å². The second-order valence-electron chi connectivity index (χ2n) is 3.59. The molecule has 2 atom stereocenters. The van der Waals surface area contributed by atoms with Crippen molar-refractivity contribution in [1.82, 2.24) is 0 Å². The number of benzene rings is 1. The van der Waals surface area contributed by atoms with Crippen molar-refractivity contribution in [2.45, 2.75) is 18.9 Å². The Morgan fingerprint density at radius 1 is 1.29 bits per heavy atom. The first kappa shape index (κ1) is 8.89. The van der Waals surface area contributed by atoms with Gasteiger partial charge in [-0.3, -0.25) is 0 Å². The highest BCUT2D eigenvalue weighted by Crippen LogP contribution is 2.27. The van der Waals surface area contributed by atoms with Gasteiger partial charge in [-0.2, -0.15) is 10.2 Å². The molecule has 0 aromatic heterocycles. The summed E-state index contributed by atoms with van der Waals surface area (Å²) in [4.78, 5) is 10.5. The van der Waals surface area contributed by atoms with Crippen LogP contribution in [0.25, 0.3) is 0 Å². The van der Waals surface area contributed by atoms with Gasteiger partial charge in [0, 0.05) is 0 Å². The standard InChI is InChI=1S/C11H10N2O/c12-7-10-5-8-3-1-2-4-9(8)6-11(10)13-14/h1-4,10-11H,5-6H2. The van der Waals surface area contributed by atoms with Crippen LogP contribution in [0.3, 0.4) is 0 Å². The van der Waals surface area contributed by atoms with Gasteiger partial charge >= 0.3 is 0 Å². The quantitative estimate of drug-likeness (QED) is 0.630. The molecule has 0 spiro atoms. The van der Waals surface area contributed by atoms with Gasteiger partial charge < -0.3 is 0 Å². The van der Waals surface area contributed by atoms with E-state index in [0.29, 0.717) is 12.8 Å². The van der Waals surface area contributed by atoms with E-state index in [1.54, 1.807) is 0 Å². The van der Waals surface area contributed by atoms with Crippen molar-refractivity contribution in [3.05, 3.63) is 40.3 Å². The molecule has 1 aliphatic rings. The minimum absolute atomic E-state index is 0.248. The Labute approximate surface area is 82.3 Å². The Balaban J connectivity index is 2.35. The van der Waals surface area contributed by atoms with Crippen molar-refractivity contribution in [2.24, 2.45) is 11.1 Å². The lowest BCUT2D eigenvalue weighted by atomic mass is 9.81. The lowest BCUT2D eigenvalue weighted by Gasteiger charge is -2.23. The summed E-state index contributed by atoms with van der Waals surface area (Å²) in [6.07, 6.45) is 1.26. The summed E-state index contributed by atoms with van der Waals surface area (Å²) in [6, 6.07) is 9.71. The normalized spacial score (nSPS) is 24.8. The molecular formula is C11H10N2O. The summed E-state index contributed by atoms with van der Waals surface area (Å²) in [5, 5.41) is 11.9. The third-order valence-corrected chi connectivity index (χ3v) is 2.75. The van der Waals surface area contributed by atoms with E-state index in [2.05, 4.69) is 11.2 Å². The number of rotatable bonds is 1. The third-order valence-electron chi connectivity index (χ3n) is 2.75. The van der Waals surface area contributed by atoms with Crippen LogP contribution in [-0.4, -0.2) is 6.04 Å². The molecule has 3 heteroatoms. The van der Waals surface area contributed by atoms with E-state index < -0.39 is 0 Å². The van der Waals surface area contributed by atoms with Crippen molar-refractivity contribution < 1.29 is 0 Å². The summed E-state index contributed by atoms with van der Waals surface area (Å²) in [5.74, 6) is -0.248. The Morgan fingerprint density at radius 3 is 2.50 bits per heavy atom. The zero-order chi connectivity index (χ0) is 9.97. The van der Waals surface area contributed by atoms with Crippen LogP contribution in [0.2, 0.25) is 0 Å². The maximum absolute atomic E-state index is 10.5. The van der Waals surface area contributed by atoms with Crippen LogP contribution in [0, 0.1) is 22.2 Å². The van der Waals surface area contributed by atoms with Crippen LogP contribution in [0.4, 0.5) is 0 Å². The largest absolute Gasteiger partial charge is 0.198 e. The molecular weight excluding hydrogens is 176 g/mol. The second-order valence-corrected chi connectivity index (χ2v) is 3.59. The molecule has 1 aromatic carbocycles. The van der Waals surface area contributed by atoms with Crippen LogP contribution < -0.4 is 0 Å². The zero-order valence-electron chi connectivity index (χ0n) is 7.68. The summed E-state index contributed by atoms with van der Waals surface area (Å²) in [5.41, 5.74) is 2.34. The maximum atomic E-state index is 10.5. The zero-order valence-corrected chi connectivity index (χ0v) is 7.68. The minimum Gasteiger partial charge on any atom is -0.198 e. The average Bonchev–Trinajstić information content (AvgIpc) is 2.27. The molecule has 0 radical (unpaired) electrons. The lowest BCUT2D eigenvalue weighted by molar-refractivity contribution is 0.477. The summed E-state index contributed by atoms with van der Waals surface area (Å²) in [6.45, 7) is 0. The number of fused-ring (bicyclic) bond motifs is 1. The Hall–Kier alpha value is -1.69. The fourth-order valence-electron chi connectivity index (χ4n) is 1.94. The molecule has 1 aromatic rings. The fraction of sp³-hybridized carbons (Fsp3) is 0.364. The van der Waals surface area contributed by atoms with Crippen LogP contribution in [0.5, 0.6) is 0 Å². The SMILES string of the molecule is N#CC1Cc2ccccc2CC1N=O. The summed E-state index contributed by atoms with van der Waals surface area (Å²) < 4.78 is 0. The van der Waals surface area contributed by atoms with Crippen molar-refractivity contribution >= 4 is 0 Å². The van der Waals surface area contributed by atoms with Gasteiger partial charge in [0.2, 0.25) is 0 Å². The highest BCUT2D eigenvalue weighted by Gasteiger charge is 2.28. The molecule has 0 fully saturated rings. The first-order valence-electron chi connectivity index (χ1n) is 4.64. The molecule has 1 aliphatic carbocycles. The Kier molecular flexibility index (Phi) is 2.28. The van der Waals surface area contributed by atoms with Gasteiger partial charge in [-0.15, -0.1) is 0 Å². The van der Waals surface area contributed by atoms with E-state index in [1.807, 2.05) is 24.3 Å². The van der Waals surface area contributed by atoms with Gasteiger partial charge in [0.15, 0.2) is 0 Å². The van der Waals surface area contributed by atoms with Crippen molar-refractivity contribution in [3.63, 3.8) is 0 Å². The highest BCUT2D eigenvalue weighted by molar-refractivity contribution is 5.32. The van der Waals surface area contributed by atoms with Crippen LogP contribution in [0.15, 0.2) is 29.4 Å².